The van der Waals surface area contributed by atoms with E-state index in [-0.39, 0.29) is 0 Å². The van der Waals surface area contributed by atoms with Crippen molar-refractivity contribution in [1.29, 1.82) is 0 Å². The maximum Gasteiger partial charge on any atom is 0.143 e. The lowest BCUT2D eigenvalue weighted by Gasteiger charge is -1.99. The van der Waals surface area contributed by atoms with Gasteiger partial charge in [-0.05, 0) is 25.9 Å². The van der Waals surface area contributed by atoms with Crippen LogP contribution in [0.3, 0.4) is 0 Å². The van der Waals surface area contributed by atoms with Crippen molar-refractivity contribution in [2.24, 2.45) is 0 Å². The summed E-state index contributed by atoms with van der Waals surface area (Å²) in [6.45, 7) is 4.92. The average molecular weight is 229 g/mol. The van der Waals surface area contributed by atoms with Crippen LogP contribution >= 0.6 is 11.3 Å². The molecule has 0 bridgehead atoms. The second-order valence-electron chi connectivity index (χ2n) is 3.38. The second kappa shape index (κ2) is 7.73. The summed E-state index contributed by atoms with van der Waals surface area (Å²) in [6, 6.07) is 0. The number of hydrogen-bond acceptors (Lipinski definition) is 5. The highest BCUT2D eigenvalue weighted by Gasteiger charge is 2.02. The molecule has 0 aliphatic rings. The van der Waals surface area contributed by atoms with Crippen molar-refractivity contribution in [3.05, 3.63) is 10.0 Å². The van der Waals surface area contributed by atoms with Crippen LogP contribution in [0.2, 0.25) is 0 Å². The minimum absolute atomic E-state index is 0.575. The molecule has 1 aromatic rings. The summed E-state index contributed by atoms with van der Waals surface area (Å²) in [4.78, 5) is 0. The molecule has 0 fully saturated rings. The molecule has 0 radical (unpaired) electrons. The van der Waals surface area contributed by atoms with Gasteiger partial charge in [0.15, 0.2) is 0 Å². The first-order valence-electron chi connectivity index (χ1n) is 5.37. The van der Waals surface area contributed by atoms with Gasteiger partial charge in [0.1, 0.15) is 10.0 Å². The first kappa shape index (κ1) is 12.5. The summed E-state index contributed by atoms with van der Waals surface area (Å²) in [6.07, 6.45) is 3.33. The molecule has 1 rings (SSSR count). The molecule has 5 heteroatoms. The minimum atomic E-state index is 0.575. The van der Waals surface area contributed by atoms with Gasteiger partial charge >= 0.3 is 0 Å². The second-order valence-corrected chi connectivity index (χ2v) is 4.52. The monoisotopic (exact) mass is 229 g/mol. The molecule has 15 heavy (non-hydrogen) atoms. The van der Waals surface area contributed by atoms with Crippen LogP contribution in [-0.4, -0.2) is 30.4 Å². The average Bonchev–Trinajstić information content (AvgIpc) is 2.66. The van der Waals surface area contributed by atoms with Gasteiger partial charge in [-0.2, -0.15) is 0 Å². The topological polar surface area (TPSA) is 47.0 Å². The predicted molar refractivity (Wildman–Crippen MR) is 62.1 cm³/mol. The van der Waals surface area contributed by atoms with E-state index < -0.39 is 0 Å². The number of aryl methyl sites for hydroxylation is 1. The predicted octanol–water partition coefficient (Wildman–Crippen LogP) is 1.62. The summed E-state index contributed by atoms with van der Waals surface area (Å²) in [7, 11) is 1.68. The molecule has 1 heterocycles. The van der Waals surface area contributed by atoms with Gasteiger partial charge in [-0.3, -0.25) is 0 Å². The lowest BCUT2D eigenvalue weighted by atomic mass is 10.3. The number of aromatic nitrogens is 2. The molecular formula is C10H19N3OS. The van der Waals surface area contributed by atoms with Gasteiger partial charge < -0.3 is 10.1 Å². The van der Waals surface area contributed by atoms with Crippen molar-refractivity contribution in [2.75, 3.05) is 20.2 Å². The number of nitrogens with one attached hydrogen (secondary N) is 1. The maximum absolute atomic E-state index is 4.99. The fraction of sp³-hybridized carbons (Fsp3) is 0.800. The largest absolute Gasteiger partial charge is 0.377 e. The van der Waals surface area contributed by atoms with Crippen molar-refractivity contribution in [3.8, 4) is 0 Å². The van der Waals surface area contributed by atoms with Gasteiger partial charge in [-0.1, -0.05) is 18.3 Å². The third-order valence-electron chi connectivity index (χ3n) is 1.95. The molecule has 0 aromatic carbocycles. The fourth-order valence-electron chi connectivity index (χ4n) is 1.24. The Bertz CT molecular complexity index is 265. The Morgan fingerprint density at radius 1 is 1.27 bits per heavy atom. The molecule has 0 aliphatic carbocycles. The molecule has 0 amide bonds. The normalized spacial score (nSPS) is 10.8. The quantitative estimate of drug-likeness (QED) is 0.688. The first-order valence-corrected chi connectivity index (χ1v) is 6.19. The van der Waals surface area contributed by atoms with E-state index in [9.17, 15) is 0 Å². The van der Waals surface area contributed by atoms with Crippen LogP contribution in [0.5, 0.6) is 0 Å². The summed E-state index contributed by atoms with van der Waals surface area (Å²) < 4.78 is 4.99. The van der Waals surface area contributed by atoms with Crippen LogP contribution in [0.1, 0.15) is 29.8 Å². The Morgan fingerprint density at radius 2 is 2.07 bits per heavy atom. The summed E-state index contributed by atoms with van der Waals surface area (Å²) in [5.41, 5.74) is 0. The van der Waals surface area contributed by atoms with E-state index in [1.807, 2.05) is 0 Å². The van der Waals surface area contributed by atoms with Crippen LogP contribution in [0.15, 0.2) is 0 Å². The molecular weight excluding hydrogens is 210 g/mol. The van der Waals surface area contributed by atoms with Gasteiger partial charge in [0.2, 0.25) is 0 Å². The Balaban J connectivity index is 2.14. The number of methoxy groups -OCH3 is 1. The molecule has 0 aliphatic heterocycles. The van der Waals surface area contributed by atoms with E-state index in [2.05, 4.69) is 22.4 Å². The van der Waals surface area contributed by atoms with E-state index in [0.29, 0.717) is 6.61 Å². The van der Waals surface area contributed by atoms with Crippen molar-refractivity contribution in [3.63, 3.8) is 0 Å². The van der Waals surface area contributed by atoms with Gasteiger partial charge in [0.25, 0.3) is 0 Å². The highest BCUT2D eigenvalue weighted by Crippen LogP contribution is 2.11. The van der Waals surface area contributed by atoms with Gasteiger partial charge in [-0.15, -0.1) is 10.2 Å². The van der Waals surface area contributed by atoms with E-state index >= 15 is 0 Å². The van der Waals surface area contributed by atoms with Crippen LogP contribution in [0, 0.1) is 0 Å². The SMILES string of the molecule is CCCNCCCc1nnc(COC)s1. The molecule has 0 saturated carbocycles. The Labute approximate surface area is 95.1 Å². The lowest BCUT2D eigenvalue weighted by molar-refractivity contribution is 0.184. The molecule has 86 valence electrons. The van der Waals surface area contributed by atoms with Gasteiger partial charge in [0.05, 0.1) is 6.61 Å². The van der Waals surface area contributed by atoms with Crippen molar-refractivity contribution in [1.82, 2.24) is 15.5 Å². The zero-order valence-corrected chi connectivity index (χ0v) is 10.3. The smallest absolute Gasteiger partial charge is 0.143 e. The zero-order valence-electron chi connectivity index (χ0n) is 9.45. The standard InChI is InChI=1S/C10H19N3OS/c1-3-6-11-7-4-5-9-12-13-10(15-9)8-14-2/h11H,3-8H2,1-2H3. The van der Waals surface area contributed by atoms with E-state index in [1.165, 1.54) is 6.42 Å². The fourth-order valence-corrected chi connectivity index (χ4v) is 2.10. The van der Waals surface area contributed by atoms with E-state index in [0.717, 1.165) is 35.9 Å². The molecule has 0 spiro atoms. The molecule has 4 nitrogen and oxygen atoms in total. The Morgan fingerprint density at radius 3 is 2.80 bits per heavy atom. The van der Waals surface area contributed by atoms with Crippen molar-refractivity contribution < 1.29 is 4.74 Å². The van der Waals surface area contributed by atoms with Crippen molar-refractivity contribution in [2.45, 2.75) is 32.8 Å². The number of hydrogen-bond donors (Lipinski definition) is 1. The van der Waals surface area contributed by atoms with Crippen LogP contribution in [0.4, 0.5) is 0 Å². The number of ether oxygens (including phenoxy) is 1. The van der Waals surface area contributed by atoms with Crippen LogP contribution in [0.25, 0.3) is 0 Å². The number of rotatable bonds is 8. The van der Waals surface area contributed by atoms with E-state index in [1.54, 1.807) is 18.4 Å². The Kier molecular flexibility index (Phi) is 6.47. The zero-order chi connectivity index (χ0) is 10.9. The molecule has 0 unspecified atom stereocenters. The van der Waals surface area contributed by atoms with Crippen LogP contribution < -0.4 is 5.32 Å². The summed E-state index contributed by atoms with van der Waals surface area (Å²) >= 11 is 1.65. The van der Waals surface area contributed by atoms with Gasteiger partial charge in [-0.25, -0.2) is 0 Å². The van der Waals surface area contributed by atoms with Gasteiger partial charge in [0, 0.05) is 13.5 Å². The highest BCUT2D eigenvalue weighted by atomic mass is 32.1. The third kappa shape index (κ3) is 5.20. The maximum atomic E-state index is 4.99. The molecule has 1 aromatic heterocycles. The first-order chi connectivity index (χ1) is 7.36. The minimum Gasteiger partial charge on any atom is -0.377 e. The van der Waals surface area contributed by atoms with E-state index in [4.69, 9.17) is 4.74 Å². The molecule has 0 atom stereocenters. The Hall–Kier alpha value is -0.520. The molecule has 0 saturated heterocycles. The highest BCUT2D eigenvalue weighted by molar-refractivity contribution is 7.11. The lowest BCUT2D eigenvalue weighted by Crippen LogP contribution is -2.16. The number of nitrogens with zero attached hydrogens (tertiary/aromatic N) is 2. The third-order valence-corrected chi connectivity index (χ3v) is 2.90. The summed E-state index contributed by atoms with van der Waals surface area (Å²) in [5.74, 6) is 0. The summed E-state index contributed by atoms with van der Waals surface area (Å²) in [5, 5.41) is 13.6. The molecule has 1 N–H and O–H groups in total. The van der Waals surface area contributed by atoms with Crippen molar-refractivity contribution >= 4 is 11.3 Å². The van der Waals surface area contributed by atoms with Crippen LogP contribution in [-0.2, 0) is 17.8 Å².